The van der Waals surface area contributed by atoms with Crippen molar-refractivity contribution in [1.82, 2.24) is 5.32 Å². The Kier molecular flexibility index (Phi) is 2.21. The predicted molar refractivity (Wildman–Crippen MR) is 64.0 cm³/mol. The number of allylic oxidation sites excluding steroid dienone is 2. The first-order chi connectivity index (χ1) is 7.86. The molecule has 1 aromatic rings. The molecule has 0 aliphatic carbocycles. The average molecular weight is 212 g/mol. The van der Waals surface area contributed by atoms with E-state index in [9.17, 15) is 0 Å². The van der Waals surface area contributed by atoms with Crippen molar-refractivity contribution in [3.63, 3.8) is 0 Å². The van der Waals surface area contributed by atoms with Gasteiger partial charge in [0.2, 0.25) is 0 Å². The Morgan fingerprint density at radius 1 is 1.38 bits per heavy atom. The van der Waals surface area contributed by atoms with E-state index in [1.54, 1.807) is 0 Å². The number of rotatable bonds is 1. The maximum absolute atomic E-state index is 5.84. The van der Waals surface area contributed by atoms with Crippen LogP contribution in [0.15, 0.2) is 41.8 Å². The van der Waals surface area contributed by atoms with Gasteiger partial charge in [-0.1, -0.05) is 31.2 Å². The molecular weight excluding hydrogens is 198 g/mol. The highest BCUT2D eigenvalue weighted by molar-refractivity contribution is 5.48. The minimum atomic E-state index is 0.856. The van der Waals surface area contributed by atoms with Gasteiger partial charge in [0.15, 0.2) is 5.88 Å². The lowest BCUT2D eigenvalue weighted by atomic mass is 9.98. The second-order valence-corrected chi connectivity index (χ2v) is 4.07. The standard InChI is InChI=1S/C14H14NO/c1-2-10-5-6-13-12(8-10)9-11-4-3-7-15-14(11)16-13/h2-6,8,15H,7,9H2,1H3. The van der Waals surface area contributed by atoms with Gasteiger partial charge in [0, 0.05) is 18.5 Å². The second kappa shape index (κ2) is 3.71. The SMILES string of the molecule is C[CH]c1ccc2c(c1)CC1=C(NCC=C1)O2. The van der Waals surface area contributed by atoms with E-state index in [-0.39, 0.29) is 0 Å². The fourth-order valence-corrected chi connectivity index (χ4v) is 2.11. The fraction of sp³-hybridized carbons (Fsp3) is 0.214. The van der Waals surface area contributed by atoms with Gasteiger partial charge in [0.25, 0.3) is 0 Å². The van der Waals surface area contributed by atoms with Crippen LogP contribution >= 0.6 is 0 Å². The molecule has 0 atom stereocenters. The van der Waals surface area contributed by atoms with Crippen molar-refractivity contribution in [2.45, 2.75) is 13.3 Å². The van der Waals surface area contributed by atoms with Gasteiger partial charge in [-0.15, -0.1) is 0 Å². The summed E-state index contributed by atoms with van der Waals surface area (Å²) in [6.07, 6.45) is 7.34. The van der Waals surface area contributed by atoms with Crippen LogP contribution in [0.5, 0.6) is 5.75 Å². The first-order valence-electron chi connectivity index (χ1n) is 5.60. The van der Waals surface area contributed by atoms with Gasteiger partial charge >= 0.3 is 0 Å². The monoisotopic (exact) mass is 212 g/mol. The van der Waals surface area contributed by atoms with Gasteiger partial charge in [0.1, 0.15) is 5.75 Å². The number of dihydropyridines is 1. The molecule has 0 saturated carbocycles. The van der Waals surface area contributed by atoms with Crippen molar-refractivity contribution in [3.8, 4) is 5.75 Å². The van der Waals surface area contributed by atoms with Crippen molar-refractivity contribution in [2.24, 2.45) is 0 Å². The Balaban J connectivity index is 1.98. The van der Waals surface area contributed by atoms with Crippen LogP contribution in [0.25, 0.3) is 0 Å². The normalized spacial score (nSPS) is 17.3. The van der Waals surface area contributed by atoms with Crippen molar-refractivity contribution < 1.29 is 4.74 Å². The maximum atomic E-state index is 5.84. The second-order valence-electron chi connectivity index (χ2n) is 4.07. The third kappa shape index (κ3) is 1.51. The molecule has 3 rings (SSSR count). The summed E-state index contributed by atoms with van der Waals surface area (Å²) in [5, 5.41) is 3.25. The molecular formula is C14H14NO. The Bertz CT molecular complexity index is 486. The van der Waals surface area contributed by atoms with E-state index < -0.39 is 0 Å². The quantitative estimate of drug-likeness (QED) is 0.772. The highest BCUT2D eigenvalue weighted by Crippen LogP contribution is 2.31. The smallest absolute Gasteiger partial charge is 0.197 e. The lowest BCUT2D eigenvalue weighted by Gasteiger charge is -2.25. The summed E-state index contributed by atoms with van der Waals surface area (Å²) in [5.41, 5.74) is 3.76. The van der Waals surface area contributed by atoms with Crippen molar-refractivity contribution in [2.75, 3.05) is 6.54 Å². The van der Waals surface area contributed by atoms with Gasteiger partial charge < -0.3 is 10.1 Å². The molecule has 1 aromatic carbocycles. The largest absolute Gasteiger partial charge is 0.441 e. The molecule has 2 aliphatic heterocycles. The van der Waals surface area contributed by atoms with Crippen LogP contribution in [0.2, 0.25) is 0 Å². The van der Waals surface area contributed by atoms with E-state index in [1.165, 1.54) is 16.7 Å². The molecule has 2 heteroatoms. The van der Waals surface area contributed by atoms with E-state index >= 15 is 0 Å². The van der Waals surface area contributed by atoms with E-state index in [0.717, 1.165) is 24.6 Å². The molecule has 0 aromatic heterocycles. The Labute approximate surface area is 95.6 Å². The summed E-state index contributed by atoms with van der Waals surface area (Å²) in [6.45, 7) is 2.91. The Hall–Kier alpha value is -1.70. The molecule has 0 fully saturated rings. The summed E-state index contributed by atoms with van der Waals surface area (Å²) < 4.78 is 5.84. The topological polar surface area (TPSA) is 21.3 Å². The zero-order chi connectivity index (χ0) is 11.0. The van der Waals surface area contributed by atoms with E-state index in [4.69, 9.17) is 4.74 Å². The molecule has 0 unspecified atom stereocenters. The third-order valence-corrected chi connectivity index (χ3v) is 3.00. The third-order valence-electron chi connectivity index (χ3n) is 3.00. The molecule has 0 bridgehead atoms. The van der Waals surface area contributed by atoms with Crippen LogP contribution in [0.1, 0.15) is 18.1 Å². The van der Waals surface area contributed by atoms with Crippen molar-refractivity contribution >= 4 is 0 Å². The summed E-state index contributed by atoms with van der Waals surface area (Å²) in [7, 11) is 0. The predicted octanol–water partition coefficient (Wildman–Crippen LogP) is 2.56. The van der Waals surface area contributed by atoms with Crippen LogP contribution in [0, 0.1) is 6.42 Å². The molecule has 0 spiro atoms. The van der Waals surface area contributed by atoms with Crippen LogP contribution in [0.3, 0.4) is 0 Å². The molecule has 2 nitrogen and oxygen atoms in total. The zero-order valence-electron chi connectivity index (χ0n) is 9.29. The summed E-state index contributed by atoms with van der Waals surface area (Å²) >= 11 is 0. The molecule has 2 heterocycles. The number of fused-ring (bicyclic) bond motifs is 1. The van der Waals surface area contributed by atoms with Crippen LogP contribution < -0.4 is 10.1 Å². The van der Waals surface area contributed by atoms with Crippen molar-refractivity contribution in [1.29, 1.82) is 0 Å². The zero-order valence-corrected chi connectivity index (χ0v) is 9.29. The molecule has 16 heavy (non-hydrogen) atoms. The number of ether oxygens (including phenoxy) is 1. The van der Waals surface area contributed by atoms with Crippen LogP contribution in [-0.4, -0.2) is 6.54 Å². The number of hydrogen-bond acceptors (Lipinski definition) is 2. The van der Waals surface area contributed by atoms with Crippen molar-refractivity contribution in [3.05, 3.63) is 59.4 Å². The van der Waals surface area contributed by atoms with Gasteiger partial charge in [-0.2, -0.15) is 0 Å². The molecule has 0 amide bonds. The summed E-state index contributed by atoms with van der Waals surface area (Å²) in [4.78, 5) is 0. The van der Waals surface area contributed by atoms with E-state index in [0.29, 0.717) is 0 Å². The Morgan fingerprint density at radius 3 is 3.19 bits per heavy atom. The fourth-order valence-electron chi connectivity index (χ4n) is 2.11. The number of benzene rings is 1. The lowest BCUT2D eigenvalue weighted by molar-refractivity contribution is 0.364. The van der Waals surface area contributed by atoms with Crippen LogP contribution in [-0.2, 0) is 6.42 Å². The molecule has 0 saturated heterocycles. The first kappa shape index (κ1) is 9.52. The maximum Gasteiger partial charge on any atom is 0.197 e. The molecule has 2 aliphatic rings. The van der Waals surface area contributed by atoms with Gasteiger partial charge in [-0.25, -0.2) is 0 Å². The first-order valence-corrected chi connectivity index (χ1v) is 5.60. The highest BCUT2D eigenvalue weighted by Gasteiger charge is 2.19. The molecule has 81 valence electrons. The van der Waals surface area contributed by atoms with E-state index in [1.807, 2.05) is 0 Å². The summed E-state index contributed by atoms with van der Waals surface area (Å²) in [5.74, 6) is 1.90. The summed E-state index contributed by atoms with van der Waals surface area (Å²) in [6, 6.07) is 6.33. The van der Waals surface area contributed by atoms with E-state index in [2.05, 4.69) is 49.0 Å². The number of hydrogen-bond donors (Lipinski definition) is 1. The minimum Gasteiger partial charge on any atom is -0.441 e. The minimum absolute atomic E-state index is 0.856. The van der Waals surface area contributed by atoms with Crippen LogP contribution in [0.4, 0.5) is 0 Å². The Morgan fingerprint density at radius 2 is 2.31 bits per heavy atom. The molecule has 1 radical (unpaired) electrons. The number of nitrogens with one attached hydrogen (secondary N) is 1. The van der Waals surface area contributed by atoms with Gasteiger partial charge in [0.05, 0.1) is 0 Å². The molecule has 1 N–H and O–H groups in total. The highest BCUT2D eigenvalue weighted by atomic mass is 16.5. The lowest BCUT2D eigenvalue weighted by Crippen LogP contribution is -2.26. The van der Waals surface area contributed by atoms with Gasteiger partial charge in [-0.3, -0.25) is 0 Å². The average Bonchev–Trinajstić information content (AvgIpc) is 2.35. The van der Waals surface area contributed by atoms with Gasteiger partial charge in [-0.05, 0) is 23.6 Å².